The summed E-state index contributed by atoms with van der Waals surface area (Å²) in [4.78, 5) is 0. The highest BCUT2D eigenvalue weighted by Gasteiger charge is 2.18. The first-order chi connectivity index (χ1) is 7.58. The van der Waals surface area contributed by atoms with Gasteiger partial charge < -0.3 is 9.84 Å². The van der Waals surface area contributed by atoms with Crippen molar-refractivity contribution in [1.82, 2.24) is 0 Å². The van der Waals surface area contributed by atoms with E-state index in [-0.39, 0.29) is 6.10 Å². The number of halogens is 2. The number of rotatable bonds is 5. The normalized spacial score (nSPS) is 14.8. The van der Waals surface area contributed by atoms with E-state index in [2.05, 4.69) is 0 Å². The van der Waals surface area contributed by atoms with Gasteiger partial charge in [0.2, 0.25) is 0 Å². The van der Waals surface area contributed by atoms with Crippen LogP contribution in [-0.2, 0) is 11.2 Å². The molecule has 0 heterocycles. The van der Waals surface area contributed by atoms with Gasteiger partial charge in [0.1, 0.15) is 0 Å². The molecule has 2 nitrogen and oxygen atoms in total. The fraction of sp³-hybridized carbons (Fsp3) is 0.500. The number of hydrogen-bond acceptors (Lipinski definition) is 2. The molecule has 1 N–H and O–H groups in total. The average molecular weight is 263 g/mol. The van der Waals surface area contributed by atoms with Crippen LogP contribution in [0.15, 0.2) is 18.2 Å². The van der Waals surface area contributed by atoms with Gasteiger partial charge in [-0.1, -0.05) is 36.2 Å². The van der Waals surface area contributed by atoms with E-state index in [1.165, 1.54) is 0 Å². The number of benzene rings is 1. The number of aliphatic hydroxyl groups excluding tert-OH is 1. The van der Waals surface area contributed by atoms with Crippen molar-refractivity contribution in [2.75, 3.05) is 7.11 Å². The zero-order valence-electron chi connectivity index (χ0n) is 9.41. The summed E-state index contributed by atoms with van der Waals surface area (Å²) in [6, 6.07) is 5.28. The van der Waals surface area contributed by atoms with E-state index in [9.17, 15) is 5.11 Å². The van der Waals surface area contributed by atoms with Gasteiger partial charge in [0.25, 0.3) is 0 Å². The van der Waals surface area contributed by atoms with E-state index >= 15 is 0 Å². The van der Waals surface area contributed by atoms with Crippen molar-refractivity contribution in [2.24, 2.45) is 0 Å². The Hall–Kier alpha value is -0.280. The van der Waals surface area contributed by atoms with Gasteiger partial charge in [-0.05, 0) is 24.1 Å². The second-order valence-electron chi connectivity index (χ2n) is 3.69. The second kappa shape index (κ2) is 6.45. The van der Waals surface area contributed by atoms with Gasteiger partial charge in [-0.2, -0.15) is 0 Å². The summed E-state index contributed by atoms with van der Waals surface area (Å²) in [6.45, 7) is 1.97. The minimum Gasteiger partial charge on any atom is -0.390 e. The third-order valence-corrected chi connectivity index (χ3v) is 3.17. The Labute approximate surface area is 106 Å². The number of methoxy groups -OCH3 is 1. The van der Waals surface area contributed by atoms with Crippen molar-refractivity contribution in [3.63, 3.8) is 0 Å². The van der Waals surface area contributed by atoms with Crippen LogP contribution in [0.1, 0.15) is 18.9 Å². The van der Waals surface area contributed by atoms with Gasteiger partial charge in [-0.25, -0.2) is 0 Å². The quantitative estimate of drug-likeness (QED) is 0.883. The molecule has 2 unspecified atom stereocenters. The predicted octanol–water partition coefficient (Wildman–Crippen LogP) is 3.32. The Bertz CT molecular complexity index is 338. The van der Waals surface area contributed by atoms with Gasteiger partial charge in [0.05, 0.1) is 12.2 Å². The molecule has 1 aromatic rings. The summed E-state index contributed by atoms with van der Waals surface area (Å²) < 4.78 is 5.18. The molecule has 2 atom stereocenters. The molecule has 0 saturated carbocycles. The largest absolute Gasteiger partial charge is 0.390 e. The summed E-state index contributed by atoms with van der Waals surface area (Å²) in [5.74, 6) is 0. The molecule has 90 valence electrons. The van der Waals surface area contributed by atoms with Crippen molar-refractivity contribution < 1.29 is 9.84 Å². The van der Waals surface area contributed by atoms with Crippen molar-refractivity contribution in [3.05, 3.63) is 33.8 Å². The maximum atomic E-state index is 9.94. The first-order valence-corrected chi connectivity index (χ1v) is 5.98. The van der Waals surface area contributed by atoms with Gasteiger partial charge in [0.15, 0.2) is 0 Å². The Morgan fingerprint density at radius 1 is 1.38 bits per heavy atom. The predicted molar refractivity (Wildman–Crippen MR) is 67.3 cm³/mol. The average Bonchev–Trinajstić information content (AvgIpc) is 2.24. The fourth-order valence-corrected chi connectivity index (χ4v) is 2.13. The molecule has 4 heteroatoms. The molecule has 0 radical (unpaired) electrons. The second-order valence-corrected chi connectivity index (χ2v) is 4.53. The number of ether oxygens (including phenoxy) is 1. The van der Waals surface area contributed by atoms with Crippen LogP contribution in [0.2, 0.25) is 10.0 Å². The monoisotopic (exact) mass is 262 g/mol. The topological polar surface area (TPSA) is 29.5 Å². The molecule has 0 bridgehead atoms. The molecule has 1 aromatic carbocycles. The minimum absolute atomic E-state index is 0.160. The molecular formula is C12H16Cl2O2. The van der Waals surface area contributed by atoms with Crippen LogP contribution < -0.4 is 0 Å². The third-order valence-electron chi connectivity index (χ3n) is 2.58. The minimum atomic E-state index is -0.548. The Morgan fingerprint density at radius 3 is 2.56 bits per heavy atom. The first kappa shape index (κ1) is 13.8. The maximum Gasteiger partial charge on any atom is 0.0842 e. The molecule has 0 amide bonds. The molecule has 0 aliphatic carbocycles. The van der Waals surface area contributed by atoms with Crippen LogP contribution in [0.3, 0.4) is 0 Å². The van der Waals surface area contributed by atoms with E-state index in [0.29, 0.717) is 16.5 Å². The van der Waals surface area contributed by atoms with E-state index in [1.54, 1.807) is 19.2 Å². The SMILES string of the molecule is CCC(OC)C(O)Cc1ccc(Cl)cc1Cl. The molecule has 0 aromatic heterocycles. The Kier molecular flexibility index (Phi) is 5.56. The van der Waals surface area contributed by atoms with Crippen LogP contribution in [-0.4, -0.2) is 24.4 Å². The highest BCUT2D eigenvalue weighted by molar-refractivity contribution is 6.35. The number of hydrogen-bond donors (Lipinski definition) is 1. The van der Waals surface area contributed by atoms with Crippen LogP contribution in [0.5, 0.6) is 0 Å². The van der Waals surface area contributed by atoms with Crippen LogP contribution in [0.4, 0.5) is 0 Å². The summed E-state index contributed by atoms with van der Waals surface area (Å²) in [5, 5.41) is 11.1. The molecule has 0 aliphatic heterocycles. The first-order valence-electron chi connectivity index (χ1n) is 5.23. The zero-order valence-corrected chi connectivity index (χ0v) is 10.9. The van der Waals surface area contributed by atoms with Crippen LogP contribution >= 0.6 is 23.2 Å². The lowest BCUT2D eigenvalue weighted by atomic mass is 10.0. The number of aliphatic hydroxyl groups is 1. The highest BCUT2D eigenvalue weighted by atomic mass is 35.5. The van der Waals surface area contributed by atoms with Crippen molar-refractivity contribution in [2.45, 2.75) is 32.0 Å². The highest BCUT2D eigenvalue weighted by Crippen LogP contribution is 2.23. The smallest absolute Gasteiger partial charge is 0.0842 e. The summed E-state index contributed by atoms with van der Waals surface area (Å²) >= 11 is 11.8. The van der Waals surface area contributed by atoms with Gasteiger partial charge in [-0.3, -0.25) is 0 Å². The summed E-state index contributed by atoms with van der Waals surface area (Å²) in [6.07, 6.45) is 0.533. The molecule has 1 rings (SSSR count). The lowest BCUT2D eigenvalue weighted by Crippen LogP contribution is -2.29. The van der Waals surface area contributed by atoms with E-state index in [1.807, 2.05) is 13.0 Å². The van der Waals surface area contributed by atoms with Crippen molar-refractivity contribution in [3.8, 4) is 0 Å². The lowest BCUT2D eigenvalue weighted by Gasteiger charge is -2.20. The standard InChI is InChI=1S/C12H16Cl2O2/c1-3-12(16-2)11(15)6-8-4-5-9(13)7-10(8)14/h4-5,7,11-12,15H,3,6H2,1-2H3. The van der Waals surface area contributed by atoms with Gasteiger partial charge in [0, 0.05) is 23.6 Å². The van der Waals surface area contributed by atoms with E-state index in [4.69, 9.17) is 27.9 Å². The Morgan fingerprint density at radius 2 is 2.06 bits per heavy atom. The molecule has 0 saturated heterocycles. The fourth-order valence-electron chi connectivity index (χ4n) is 1.64. The van der Waals surface area contributed by atoms with Crippen molar-refractivity contribution >= 4 is 23.2 Å². The third kappa shape index (κ3) is 3.63. The molecular weight excluding hydrogens is 247 g/mol. The van der Waals surface area contributed by atoms with Gasteiger partial charge in [-0.15, -0.1) is 0 Å². The summed E-state index contributed by atoms with van der Waals surface area (Å²) in [5.41, 5.74) is 0.883. The molecule has 0 fully saturated rings. The van der Waals surface area contributed by atoms with Crippen LogP contribution in [0.25, 0.3) is 0 Å². The van der Waals surface area contributed by atoms with Crippen LogP contribution in [0, 0.1) is 0 Å². The van der Waals surface area contributed by atoms with Crippen molar-refractivity contribution in [1.29, 1.82) is 0 Å². The van der Waals surface area contributed by atoms with E-state index in [0.717, 1.165) is 12.0 Å². The van der Waals surface area contributed by atoms with E-state index < -0.39 is 6.10 Å². The molecule has 0 aliphatic rings. The molecule has 16 heavy (non-hydrogen) atoms. The Balaban J connectivity index is 2.72. The molecule has 0 spiro atoms. The summed E-state index contributed by atoms with van der Waals surface area (Å²) in [7, 11) is 1.60. The lowest BCUT2D eigenvalue weighted by molar-refractivity contribution is -0.0128. The van der Waals surface area contributed by atoms with Gasteiger partial charge >= 0.3 is 0 Å². The zero-order chi connectivity index (χ0) is 12.1. The maximum absolute atomic E-state index is 9.94.